The smallest absolute Gasteiger partial charge is 0.330 e. The molecule has 116 valence electrons. The van der Waals surface area contributed by atoms with Crippen LogP contribution in [-0.2, 0) is 19.1 Å². The number of carbonyl (C=O) groups excluding carboxylic acids is 3. The lowest BCUT2D eigenvalue weighted by Crippen LogP contribution is -2.68. The number of ether oxygens (including phenoxy) is 2. The van der Waals surface area contributed by atoms with Crippen molar-refractivity contribution in [1.82, 2.24) is 10.6 Å². The topological polar surface area (TPSA) is 93.7 Å². The molecule has 2 N–H and O–H groups in total. The van der Waals surface area contributed by atoms with Crippen molar-refractivity contribution < 1.29 is 23.9 Å². The van der Waals surface area contributed by atoms with Gasteiger partial charge in [0.25, 0.3) is 5.91 Å². The Labute approximate surface area is 127 Å². The Balaban J connectivity index is 1.81. The molecule has 0 saturated carbocycles. The van der Waals surface area contributed by atoms with E-state index < -0.39 is 24.0 Å². The van der Waals surface area contributed by atoms with Crippen molar-refractivity contribution in [3.63, 3.8) is 0 Å². The van der Waals surface area contributed by atoms with Gasteiger partial charge in [-0.05, 0) is 12.1 Å². The minimum atomic E-state index is -0.715. The monoisotopic (exact) mass is 304 g/mol. The maximum Gasteiger partial charge on any atom is 0.330 e. The molecule has 0 aliphatic carbocycles. The Bertz CT molecular complexity index is 585. The number of benzene rings is 1. The quantitative estimate of drug-likeness (QED) is 0.430. The van der Waals surface area contributed by atoms with E-state index in [0.717, 1.165) is 0 Å². The fourth-order valence-corrected chi connectivity index (χ4v) is 1.85. The van der Waals surface area contributed by atoms with Crippen molar-refractivity contribution in [2.75, 3.05) is 13.7 Å². The summed E-state index contributed by atoms with van der Waals surface area (Å²) in [6.45, 7) is -0.193. The predicted molar refractivity (Wildman–Crippen MR) is 77.0 cm³/mol. The lowest BCUT2D eigenvalue weighted by atomic mass is 9.98. The van der Waals surface area contributed by atoms with Crippen molar-refractivity contribution in [1.29, 1.82) is 0 Å². The third-order valence-corrected chi connectivity index (χ3v) is 3.02. The molecule has 1 fully saturated rings. The van der Waals surface area contributed by atoms with Gasteiger partial charge >= 0.3 is 5.97 Å². The maximum absolute atomic E-state index is 11.8. The van der Waals surface area contributed by atoms with E-state index in [0.29, 0.717) is 5.75 Å². The second-order valence-electron chi connectivity index (χ2n) is 4.56. The van der Waals surface area contributed by atoms with Crippen LogP contribution in [0, 0.1) is 0 Å². The minimum Gasteiger partial charge on any atom is -0.484 e. The average Bonchev–Trinajstić information content (AvgIpc) is 2.55. The number of methoxy groups -OCH3 is 1. The molecule has 1 heterocycles. The predicted octanol–water partition coefficient (Wildman–Crippen LogP) is -0.222. The molecular weight excluding hydrogens is 288 g/mol. The zero-order chi connectivity index (χ0) is 15.9. The molecule has 0 spiro atoms. The van der Waals surface area contributed by atoms with Crippen LogP contribution in [-0.4, -0.2) is 43.6 Å². The number of hydrogen-bond donors (Lipinski definition) is 2. The van der Waals surface area contributed by atoms with Gasteiger partial charge in [0.1, 0.15) is 11.8 Å². The number of β-lactam (4-membered cyclic amide) rings is 1. The number of nitrogens with one attached hydrogen (secondary N) is 2. The molecule has 2 unspecified atom stereocenters. The van der Waals surface area contributed by atoms with E-state index in [-0.39, 0.29) is 12.5 Å². The lowest BCUT2D eigenvalue weighted by molar-refractivity contribution is -0.136. The summed E-state index contributed by atoms with van der Waals surface area (Å²) >= 11 is 0. The highest BCUT2D eigenvalue weighted by molar-refractivity contribution is 5.94. The largest absolute Gasteiger partial charge is 0.484 e. The molecule has 1 saturated heterocycles. The summed E-state index contributed by atoms with van der Waals surface area (Å²) in [5.41, 5.74) is 0. The number of para-hydroxylation sites is 1. The van der Waals surface area contributed by atoms with Crippen molar-refractivity contribution >= 4 is 17.8 Å². The molecule has 1 aliphatic rings. The normalized spacial score (nSPS) is 20.0. The number of amides is 2. The molecular formula is C15H16N2O5. The van der Waals surface area contributed by atoms with Crippen molar-refractivity contribution in [2.24, 2.45) is 0 Å². The van der Waals surface area contributed by atoms with Crippen LogP contribution in [0.4, 0.5) is 0 Å². The third-order valence-electron chi connectivity index (χ3n) is 3.02. The first kappa shape index (κ1) is 15.6. The zero-order valence-electron chi connectivity index (χ0n) is 11.9. The van der Waals surface area contributed by atoms with Crippen molar-refractivity contribution in [2.45, 2.75) is 12.1 Å². The van der Waals surface area contributed by atoms with Crippen LogP contribution in [0.15, 0.2) is 42.5 Å². The SMILES string of the molecule is COC(=O)C=CC1NC(=O)C1NC(=O)COc1ccccc1. The fourth-order valence-electron chi connectivity index (χ4n) is 1.85. The summed E-state index contributed by atoms with van der Waals surface area (Å²) in [5, 5.41) is 5.11. The molecule has 0 radical (unpaired) electrons. The lowest BCUT2D eigenvalue weighted by Gasteiger charge is -2.35. The third kappa shape index (κ3) is 4.08. The number of rotatable bonds is 6. The van der Waals surface area contributed by atoms with Crippen LogP contribution in [0.2, 0.25) is 0 Å². The van der Waals surface area contributed by atoms with E-state index in [9.17, 15) is 14.4 Å². The molecule has 2 amide bonds. The Morgan fingerprint density at radius 3 is 2.68 bits per heavy atom. The molecule has 1 aromatic carbocycles. The molecule has 1 aromatic rings. The maximum atomic E-state index is 11.8. The number of esters is 1. The van der Waals surface area contributed by atoms with E-state index in [1.807, 2.05) is 6.07 Å². The van der Waals surface area contributed by atoms with E-state index in [2.05, 4.69) is 15.4 Å². The Morgan fingerprint density at radius 2 is 2.05 bits per heavy atom. The van der Waals surface area contributed by atoms with Crippen LogP contribution in [0.3, 0.4) is 0 Å². The summed E-state index contributed by atoms with van der Waals surface area (Å²) in [5.74, 6) is -0.691. The summed E-state index contributed by atoms with van der Waals surface area (Å²) in [7, 11) is 1.26. The second kappa shape index (κ2) is 7.26. The fraction of sp³-hybridized carbons (Fsp3) is 0.267. The summed E-state index contributed by atoms with van der Waals surface area (Å²) in [6.07, 6.45) is 2.67. The molecule has 0 bridgehead atoms. The van der Waals surface area contributed by atoms with Crippen LogP contribution in [0.25, 0.3) is 0 Å². The van der Waals surface area contributed by atoms with Gasteiger partial charge in [-0.15, -0.1) is 0 Å². The van der Waals surface area contributed by atoms with Gasteiger partial charge in [-0.1, -0.05) is 24.3 Å². The molecule has 7 heteroatoms. The van der Waals surface area contributed by atoms with E-state index >= 15 is 0 Å². The van der Waals surface area contributed by atoms with Gasteiger partial charge in [0.15, 0.2) is 6.61 Å². The van der Waals surface area contributed by atoms with Crippen LogP contribution < -0.4 is 15.4 Å². The first-order valence-corrected chi connectivity index (χ1v) is 6.64. The molecule has 2 atom stereocenters. The van der Waals surface area contributed by atoms with Gasteiger partial charge in [-0.25, -0.2) is 4.79 Å². The molecule has 2 rings (SSSR count). The highest BCUT2D eigenvalue weighted by Gasteiger charge is 2.38. The number of carbonyl (C=O) groups is 3. The van der Waals surface area contributed by atoms with Gasteiger partial charge in [-0.3, -0.25) is 9.59 Å². The molecule has 7 nitrogen and oxygen atoms in total. The van der Waals surface area contributed by atoms with Crippen LogP contribution in [0.1, 0.15) is 0 Å². The van der Waals surface area contributed by atoms with Crippen molar-refractivity contribution in [3.05, 3.63) is 42.5 Å². The first-order chi connectivity index (χ1) is 10.6. The standard InChI is InChI=1S/C15H16N2O5/c1-21-13(19)8-7-11-14(15(20)16-11)17-12(18)9-22-10-5-3-2-4-6-10/h2-8,11,14H,9H2,1H3,(H,16,20)(H,17,18). The Morgan fingerprint density at radius 1 is 1.32 bits per heavy atom. The van der Waals surface area contributed by atoms with Crippen molar-refractivity contribution in [3.8, 4) is 5.75 Å². The van der Waals surface area contributed by atoms with E-state index in [4.69, 9.17) is 4.74 Å². The van der Waals surface area contributed by atoms with E-state index in [1.165, 1.54) is 19.3 Å². The average molecular weight is 304 g/mol. The minimum absolute atomic E-state index is 0.193. The van der Waals surface area contributed by atoms with Crippen LogP contribution in [0.5, 0.6) is 5.75 Å². The zero-order valence-corrected chi connectivity index (χ0v) is 11.9. The Hall–Kier alpha value is -2.83. The Kier molecular flexibility index (Phi) is 5.13. The summed E-state index contributed by atoms with van der Waals surface area (Å²) in [6, 6.07) is 7.72. The first-order valence-electron chi connectivity index (χ1n) is 6.64. The van der Waals surface area contributed by atoms with Gasteiger partial charge < -0.3 is 20.1 Å². The van der Waals surface area contributed by atoms with E-state index in [1.54, 1.807) is 24.3 Å². The highest BCUT2D eigenvalue weighted by atomic mass is 16.5. The summed E-state index contributed by atoms with van der Waals surface area (Å²) < 4.78 is 9.74. The molecule has 22 heavy (non-hydrogen) atoms. The second-order valence-corrected chi connectivity index (χ2v) is 4.56. The molecule has 1 aliphatic heterocycles. The number of hydrogen-bond acceptors (Lipinski definition) is 5. The molecule has 0 aromatic heterocycles. The van der Waals surface area contributed by atoms with Gasteiger partial charge in [-0.2, -0.15) is 0 Å². The van der Waals surface area contributed by atoms with Gasteiger partial charge in [0.05, 0.1) is 13.2 Å². The van der Waals surface area contributed by atoms with Gasteiger partial charge in [0.2, 0.25) is 5.91 Å². The highest BCUT2D eigenvalue weighted by Crippen LogP contribution is 2.10. The summed E-state index contributed by atoms with van der Waals surface area (Å²) in [4.78, 5) is 34.2. The van der Waals surface area contributed by atoms with Gasteiger partial charge in [0, 0.05) is 6.08 Å². The van der Waals surface area contributed by atoms with Crippen LogP contribution >= 0.6 is 0 Å².